The van der Waals surface area contributed by atoms with Gasteiger partial charge in [-0.15, -0.1) is 0 Å². The number of hydrogen-bond acceptors (Lipinski definition) is 16. The summed E-state index contributed by atoms with van der Waals surface area (Å²) < 4.78 is 59.8. The summed E-state index contributed by atoms with van der Waals surface area (Å²) in [6, 6.07) is 27.4. The molecule has 5 heterocycles. The number of ether oxygens (including phenoxy) is 5. The number of carbonyl (C=O) groups is 3. The standard InChI is InChI=1S/C65H84ClF2N11O8SSi/c1-64(2,3)87-61(80)70-29-14-27-65(47-18-9-8-10-19-47)79(73-59(88-65)52-42-48(67)23-24-54(52)68)62(81)74(4)35-37-84-39-38-83-36-15-31-75-30-13-20-50(75)45-86-60-71-55-44-76(56-22-12-17-46-16-11-21-53(66)57(46)56)32-26-51(55)58(72-60)77-33-34-78(49(43-77)25-28-69)63(82)85-40-41-89(5,6)7/h8-12,16-19,21-24,42,49-50H,13-15,20,25-27,29-41,43-45H2,1-7H3,(H,70,80)/t49-,50-,65?/m0/s1. The maximum atomic E-state index is 15.4. The van der Waals surface area contributed by atoms with Crippen molar-refractivity contribution in [2.45, 2.75) is 121 Å². The number of fused-ring (bicyclic) bond motifs is 2. The summed E-state index contributed by atoms with van der Waals surface area (Å²) in [6.45, 7) is 19.0. The van der Waals surface area contributed by atoms with E-state index in [1.807, 2.05) is 42.5 Å². The van der Waals surface area contributed by atoms with E-state index in [1.54, 1.807) is 32.7 Å². The highest BCUT2D eigenvalue weighted by Gasteiger charge is 2.50. The molecule has 4 aromatic carbocycles. The van der Waals surface area contributed by atoms with Gasteiger partial charge >= 0.3 is 24.2 Å². The highest BCUT2D eigenvalue weighted by molar-refractivity contribution is 8.15. The lowest BCUT2D eigenvalue weighted by molar-refractivity contribution is 0.0367. The maximum Gasteiger partial charge on any atom is 0.410 e. The van der Waals surface area contributed by atoms with Gasteiger partial charge in [0.05, 0.1) is 62.2 Å². The average molecular weight is 1280 g/mol. The molecule has 0 radical (unpaired) electrons. The molecule has 2 fully saturated rings. The summed E-state index contributed by atoms with van der Waals surface area (Å²) >= 11 is 8.02. The van der Waals surface area contributed by atoms with Crippen molar-refractivity contribution >= 4 is 77.0 Å². The van der Waals surface area contributed by atoms with Crippen LogP contribution in [0.4, 0.5) is 34.7 Å². The summed E-state index contributed by atoms with van der Waals surface area (Å²) in [5, 5.41) is 21.7. The summed E-state index contributed by atoms with van der Waals surface area (Å²) in [7, 11) is 0.219. The fourth-order valence-corrected chi connectivity index (χ4v) is 14.0. The van der Waals surface area contributed by atoms with E-state index < -0.39 is 42.3 Å². The Labute approximate surface area is 531 Å². The normalized spacial score (nSPS) is 18.8. The first kappa shape index (κ1) is 66.6. The van der Waals surface area contributed by atoms with Gasteiger partial charge in [-0.25, -0.2) is 23.2 Å². The molecule has 9 rings (SSSR count). The predicted molar refractivity (Wildman–Crippen MR) is 346 cm³/mol. The van der Waals surface area contributed by atoms with Gasteiger partial charge in [-0.2, -0.15) is 25.3 Å². The number of nitriles is 1. The smallest absolute Gasteiger partial charge is 0.410 e. The van der Waals surface area contributed by atoms with Crippen LogP contribution in [-0.2, 0) is 36.8 Å². The van der Waals surface area contributed by atoms with Gasteiger partial charge in [0.15, 0.2) is 0 Å². The zero-order chi connectivity index (χ0) is 63.3. The van der Waals surface area contributed by atoms with Crippen molar-refractivity contribution in [1.82, 2.24) is 35.0 Å². The largest absolute Gasteiger partial charge is 0.462 e. The third-order valence-corrected chi connectivity index (χ3v) is 19.7. The number of halogens is 3. The number of hydrazone groups is 1. The van der Waals surface area contributed by atoms with Crippen LogP contribution in [0.3, 0.4) is 0 Å². The molecular weight excluding hydrogens is 1200 g/mol. The van der Waals surface area contributed by atoms with Crippen molar-refractivity contribution in [2.75, 3.05) is 109 Å². The maximum absolute atomic E-state index is 15.4. The van der Waals surface area contributed by atoms with E-state index in [-0.39, 0.29) is 54.9 Å². The lowest BCUT2D eigenvalue weighted by atomic mass is 10.0. The van der Waals surface area contributed by atoms with Crippen molar-refractivity contribution in [3.63, 3.8) is 0 Å². The molecule has 0 aliphatic carbocycles. The molecule has 0 spiro atoms. The second-order valence-electron chi connectivity index (χ2n) is 25.2. The van der Waals surface area contributed by atoms with Gasteiger partial charge in [0, 0.05) is 95.8 Å². The van der Waals surface area contributed by atoms with Crippen LogP contribution in [0.15, 0.2) is 90.0 Å². The Morgan fingerprint density at radius 3 is 2.44 bits per heavy atom. The van der Waals surface area contributed by atoms with E-state index in [0.717, 1.165) is 95.7 Å². The number of benzene rings is 4. The second kappa shape index (κ2) is 30.3. The SMILES string of the molecule is CN(CCOCCOCCCN1CCC[C@H]1COc1nc2c(c(N3CCN(C(=O)OCC[Si](C)(C)C)[C@@H](CC#N)C3)n1)CCN(c1cccc3cccc(Cl)c13)C2)C(=O)N1N=C(c2cc(F)ccc2F)SC1(CCCNC(=O)OC(C)(C)C)c1ccccc1. The first-order valence-corrected chi connectivity index (χ1v) is 35.8. The van der Waals surface area contributed by atoms with E-state index in [2.05, 4.69) is 70.0 Å². The van der Waals surface area contributed by atoms with Crippen molar-refractivity contribution in [3.8, 4) is 12.1 Å². The van der Waals surface area contributed by atoms with Gasteiger partial charge in [0.25, 0.3) is 0 Å². The van der Waals surface area contributed by atoms with Crippen molar-refractivity contribution in [2.24, 2.45) is 5.10 Å². The summed E-state index contributed by atoms with van der Waals surface area (Å²) in [5.41, 5.74) is 2.91. The van der Waals surface area contributed by atoms with Gasteiger partial charge in [0.1, 0.15) is 39.6 Å². The molecule has 4 amide bonds. The van der Waals surface area contributed by atoms with Gasteiger partial charge in [-0.1, -0.05) is 97.6 Å². The highest BCUT2D eigenvalue weighted by atomic mass is 35.5. The molecule has 5 aromatic rings. The summed E-state index contributed by atoms with van der Waals surface area (Å²) in [5.74, 6) is -0.542. The molecule has 478 valence electrons. The number of hydrogen-bond donors (Lipinski definition) is 1. The van der Waals surface area contributed by atoms with Gasteiger partial charge in [-0.05, 0) is 113 Å². The van der Waals surface area contributed by atoms with E-state index in [1.165, 1.54) is 21.7 Å². The molecule has 4 aliphatic heterocycles. The number of nitrogens with one attached hydrogen (secondary N) is 1. The monoisotopic (exact) mass is 1280 g/mol. The van der Waals surface area contributed by atoms with Crippen LogP contribution in [0, 0.1) is 23.0 Å². The Morgan fingerprint density at radius 2 is 1.67 bits per heavy atom. The molecule has 89 heavy (non-hydrogen) atoms. The number of piperazine rings is 1. The highest BCUT2D eigenvalue weighted by Crippen LogP contribution is 2.51. The topological polar surface area (TPSA) is 191 Å². The van der Waals surface area contributed by atoms with Crippen LogP contribution in [0.1, 0.15) is 81.7 Å². The zero-order valence-electron chi connectivity index (χ0n) is 52.3. The molecular formula is C65H84ClF2N11O8SSi. The lowest BCUT2D eigenvalue weighted by Crippen LogP contribution is -2.56. The molecule has 2 saturated heterocycles. The van der Waals surface area contributed by atoms with E-state index >= 15 is 4.39 Å². The number of aromatic nitrogens is 2. The summed E-state index contributed by atoms with van der Waals surface area (Å²) in [4.78, 5) is 59.7. The van der Waals surface area contributed by atoms with Crippen molar-refractivity contribution in [3.05, 3.63) is 124 Å². The number of carbonyl (C=O) groups excluding carboxylic acids is 3. The number of nitrogens with zero attached hydrogens (tertiary/aromatic N) is 10. The molecule has 1 aromatic heterocycles. The number of anilines is 2. The number of likely N-dealkylation sites (N-methyl/N-ethyl adjacent to an activating group) is 1. The van der Waals surface area contributed by atoms with Crippen LogP contribution in [0.2, 0.25) is 30.7 Å². The Hall–Kier alpha value is -6.81. The van der Waals surface area contributed by atoms with Gasteiger partial charge in [0.2, 0.25) is 0 Å². The third-order valence-electron chi connectivity index (χ3n) is 16.2. The average Bonchev–Trinajstić information content (AvgIpc) is 1.97. The molecule has 3 atom stereocenters. The Bertz CT molecular complexity index is 3330. The second-order valence-corrected chi connectivity index (χ2v) is 32.5. The van der Waals surface area contributed by atoms with Crippen LogP contribution in [-0.4, -0.2) is 178 Å². The molecule has 24 heteroatoms. The Morgan fingerprint density at radius 1 is 0.899 bits per heavy atom. The summed E-state index contributed by atoms with van der Waals surface area (Å²) in [6.07, 6.45) is 3.35. The number of rotatable bonds is 25. The fraction of sp³-hybridized carbons (Fsp3) is 0.523. The van der Waals surface area contributed by atoms with Crippen molar-refractivity contribution in [1.29, 1.82) is 5.26 Å². The van der Waals surface area contributed by atoms with Crippen LogP contribution in [0.5, 0.6) is 6.01 Å². The minimum absolute atomic E-state index is 0.0638. The number of alkyl carbamates (subject to hydrolysis) is 1. The van der Waals surface area contributed by atoms with E-state index in [4.69, 9.17) is 50.4 Å². The van der Waals surface area contributed by atoms with Crippen LogP contribution in [0.25, 0.3) is 10.8 Å². The molecule has 1 unspecified atom stereocenters. The fourth-order valence-electron chi connectivity index (χ4n) is 11.6. The quantitative estimate of drug-likeness (QED) is 0.0428. The first-order chi connectivity index (χ1) is 42.7. The molecule has 0 saturated carbocycles. The predicted octanol–water partition coefficient (Wildman–Crippen LogP) is 11.9. The molecule has 1 N–H and O–H groups in total. The van der Waals surface area contributed by atoms with Gasteiger partial charge < -0.3 is 48.6 Å². The third kappa shape index (κ3) is 17.4. The number of amides is 4. The lowest BCUT2D eigenvalue weighted by Gasteiger charge is -2.42. The van der Waals surface area contributed by atoms with Crippen LogP contribution < -0.4 is 19.9 Å². The minimum Gasteiger partial charge on any atom is -0.462 e. The van der Waals surface area contributed by atoms with E-state index in [9.17, 15) is 24.0 Å². The zero-order valence-corrected chi connectivity index (χ0v) is 54.9. The molecule has 19 nitrogen and oxygen atoms in total. The minimum atomic E-state index is -1.42. The van der Waals surface area contributed by atoms with E-state index in [0.29, 0.717) is 96.1 Å². The Balaban J connectivity index is 0.780. The first-order valence-electron chi connectivity index (χ1n) is 30.9. The molecule has 0 bridgehead atoms. The Kier molecular flexibility index (Phi) is 22.7. The van der Waals surface area contributed by atoms with Gasteiger partial charge in [-0.3, -0.25) is 4.90 Å². The molecule has 4 aliphatic rings. The number of thioether (sulfide) groups is 1. The number of urea groups is 1. The van der Waals surface area contributed by atoms with Crippen molar-refractivity contribution < 1.29 is 46.8 Å². The number of likely N-dealkylation sites (tertiary alicyclic amines) is 1. The van der Waals surface area contributed by atoms with Crippen LogP contribution >= 0.6 is 23.4 Å².